The Labute approximate surface area is 117 Å². The lowest BCUT2D eigenvalue weighted by atomic mass is 9.85. The lowest BCUT2D eigenvalue weighted by molar-refractivity contribution is -0.161. The molecule has 0 N–H and O–H groups in total. The van der Waals surface area contributed by atoms with Gasteiger partial charge in [-0.3, -0.25) is 19.3 Å². The number of hydrogen-bond acceptors (Lipinski definition) is 4. The highest BCUT2D eigenvalue weighted by Crippen LogP contribution is 2.52. The number of rotatable bonds is 2. The van der Waals surface area contributed by atoms with Gasteiger partial charge in [-0.15, -0.1) is 0 Å². The molecule has 4 unspecified atom stereocenters. The van der Waals surface area contributed by atoms with Crippen LogP contribution in [0.4, 0.5) is 0 Å². The van der Waals surface area contributed by atoms with Gasteiger partial charge in [0.05, 0.1) is 11.8 Å². The van der Waals surface area contributed by atoms with Gasteiger partial charge in [0.15, 0.2) is 0 Å². The number of carbonyl (C=O) groups is 3. The van der Waals surface area contributed by atoms with E-state index in [-0.39, 0.29) is 42.0 Å². The molecule has 0 aromatic heterocycles. The van der Waals surface area contributed by atoms with Crippen molar-refractivity contribution in [2.45, 2.75) is 32.8 Å². The van der Waals surface area contributed by atoms with E-state index >= 15 is 0 Å². The third-order valence-corrected chi connectivity index (χ3v) is 4.27. The molecule has 2 amide bonds. The van der Waals surface area contributed by atoms with E-state index in [9.17, 15) is 14.4 Å². The van der Waals surface area contributed by atoms with Crippen LogP contribution >= 0.6 is 0 Å². The molecule has 1 saturated heterocycles. The minimum absolute atomic E-state index is 0.171. The van der Waals surface area contributed by atoms with E-state index in [0.717, 1.165) is 11.3 Å². The van der Waals surface area contributed by atoms with Crippen molar-refractivity contribution in [3.8, 4) is 0 Å². The molecule has 0 aromatic carbocycles. The number of esters is 1. The summed E-state index contributed by atoms with van der Waals surface area (Å²) in [6, 6.07) is 0. The fourth-order valence-corrected chi connectivity index (χ4v) is 3.62. The summed E-state index contributed by atoms with van der Waals surface area (Å²) in [6.07, 6.45) is 4.97. The van der Waals surface area contributed by atoms with E-state index in [0.29, 0.717) is 0 Å². The van der Waals surface area contributed by atoms with Crippen LogP contribution in [0.1, 0.15) is 27.2 Å². The summed E-state index contributed by atoms with van der Waals surface area (Å²) in [5.41, 5.74) is -0.612. The Morgan fingerprint density at radius 2 is 1.70 bits per heavy atom. The van der Waals surface area contributed by atoms with Crippen molar-refractivity contribution >= 4 is 17.8 Å². The van der Waals surface area contributed by atoms with Crippen molar-refractivity contribution in [1.29, 1.82) is 0 Å². The van der Waals surface area contributed by atoms with Crippen molar-refractivity contribution in [3.63, 3.8) is 0 Å². The Hall–Kier alpha value is -1.65. The summed E-state index contributed by atoms with van der Waals surface area (Å²) in [5.74, 6) is -1.10. The van der Waals surface area contributed by atoms with E-state index in [1.807, 2.05) is 12.2 Å². The number of ether oxygens (including phenoxy) is 1. The second-order valence-corrected chi connectivity index (χ2v) is 6.85. The molecule has 4 atom stereocenters. The van der Waals surface area contributed by atoms with Gasteiger partial charge >= 0.3 is 5.97 Å². The molecule has 2 aliphatic carbocycles. The van der Waals surface area contributed by atoms with Gasteiger partial charge in [-0.25, -0.2) is 0 Å². The maximum absolute atomic E-state index is 12.4. The third-order valence-electron chi connectivity index (χ3n) is 4.27. The monoisotopic (exact) mass is 277 g/mol. The van der Waals surface area contributed by atoms with E-state index in [2.05, 4.69) is 0 Å². The molecule has 2 fully saturated rings. The average Bonchev–Trinajstić information content (AvgIpc) is 2.96. The van der Waals surface area contributed by atoms with Crippen LogP contribution in [0.3, 0.4) is 0 Å². The third kappa shape index (κ3) is 1.96. The second kappa shape index (κ2) is 4.17. The molecule has 0 aromatic rings. The zero-order chi connectivity index (χ0) is 14.7. The smallest absolute Gasteiger partial charge is 0.326 e. The van der Waals surface area contributed by atoms with Gasteiger partial charge in [0.1, 0.15) is 12.1 Å². The Balaban J connectivity index is 1.72. The number of nitrogens with zero attached hydrogens (tertiary/aromatic N) is 1. The molecule has 5 heteroatoms. The number of hydrogen-bond donors (Lipinski definition) is 0. The average molecular weight is 277 g/mol. The summed E-state index contributed by atoms with van der Waals surface area (Å²) in [6.45, 7) is 5.02. The highest BCUT2D eigenvalue weighted by Gasteiger charge is 2.59. The van der Waals surface area contributed by atoms with Crippen LogP contribution in [0.25, 0.3) is 0 Å². The molecule has 2 bridgehead atoms. The van der Waals surface area contributed by atoms with Crippen LogP contribution < -0.4 is 0 Å². The van der Waals surface area contributed by atoms with Crippen molar-refractivity contribution in [2.75, 3.05) is 6.54 Å². The Morgan fingerprint density at radius 1 is 1.20 bits per heavy atom. The minimum Gasteiger partial charge on any atom is -0.459 e. The quantitative estimate of drug-likeness (QED) is 0.431. The van der Waals surface area contributed by atoms with E-state index in [4.69, 9.17) is 4.74 Å². The number of amides is 2. The Kier molecular flexibility index (Phi) is 2.78. The normalized spacial score (nSPS) is 34.9. The summed E-state index contributed by atoms with van der Waals surface area (Å²) in [7, 11) is 0. The van der Waals surface area contributed by atoms with Crippen LogP contribution in [0, 0.1) is 23.7 Å². The highest BCUT2D eigenvalue weighted by atomic mass is 16.6. The standard InChI is InChI=1S/C15H19NO4/c1-15(2,3)20-10(17)7-16-13(18)11-8-4-5-9(6-8)12(11)14(16)19/h4-5,8-9,11-12H,6-7H2,1-3H3. The minimum atomic E-state index is -0.612. The second-order valence-electron chi connectivity index (χ2n) is 6.85. The van der Waals surface area contributed by atoms with Crippen LogP contribution in [-0.4, -0.2) is 34.8 Å². The molecule has 0 spiro atoms. The van der Waals surface area contributed by atoms with Gasteiger partial charge < -0.3 is 4.74 Å². The number of allylic oxidation sites excluding steroid dienone is 2. The molecule has 1 aliphatic heterocycles. The zero-order valence-corrected chi connectivity index (χ0v) is 12.0. The fourth-order valence-electron chi connectivity index (χ4n) is 3.62. The predicted octanol–water partition coefficient (Wildman–Crippen LogP) is 1.14. The molecule has 20 heavy (non-hydrogen) atoms. The van der Waals surface area contributed by atoms with E-state index in [1.165, 1.54) is 0 Å². The molecular formula is C15H19NO4. The maximum atomic E-state index is 12.4. The molecule has 108 valence electrons. The summed E-state index contributed by atoms with van der Waals surface area (Å²) < 4.78 is 5.19. The van der Waals surface area contributed by atoms with Gasteiger partial charge in [0.25, 0.3) is 0 Å². The van der Waals surface area contributed by atoms with Crippen LogP contribution in [0.5, 0.6) is 0 Å². The summed E-state index contributed by atoms with van der Waals surface area (Å²) in [4.78, 5) is 37.6. The van der Waals surface area contributed by atoms with Crippen LogP contribution in [0.15, 0.2) is 12.2 Å². The Morgan fingerprint density at radius 3 is 2.15 bits per heavy atom. The van der Waals surface area contributed by atoms with Gasteiger partial charge in [-0.1, -0.05) is 12.2 Å². The summed E-state index contributed by atoms with van der Waals surface area (Å²) in [5, 5.41) is 0. The molecule has 3 rings (SSSR count). The molecule has 5 nitrogen and oxygen atoms in total. The van der Waals surface area contributed by atoms with Crippen LogP contribution in [-0.2, 0) is 19.1 Å². The number of fused-ring (bicyclic) bond motifs is 5. The molecule has 0 radical (unpaired) electrons. The Bertz CT molecular complexity index is 486. The first-order valence-electron chi connectivity index (χ1n) is 7.03. The first kappa shape index (κ1) is 13.3. The topological polar surface area (TPSA) is 63.7 Å². The molecule has 3 aliphatic rings. The molecular weight excluding hydrogens is 258 g/mol. The largest absolute Gasteiger partial charge is 0.459 e. The van der Waals surface area contributed by atoms with Crippen molar-refractivity contribution < 1.29 is 19.1 Å². The van der Waals surface area contributed by atoms with E-state index in [1.54, 1.807) is 20.8 Å². The van der Waals surface area contributed by atoms with Gasteiger partial charge in [-0.05, 0) is 39.0 Å². The first-order valence-corrected chi connectivity index (χ1v) is 7.03. The zero-order valence-electron chi connectivity index (χ0n) is 12.0. The summed E-state index contributed by atoms with van der Waals surface area (Å²) >= 11 is 0. The highest BCUT2D eigenvalue weighted by molar-refractivity contribution is 6.08. The SMILES string of the molecule is CC(C)(C)OC(=O)CN1C(=O)C2C3C=CC(C3)C2C1=O. The van der Waals surface area contributed by atoms with Crippen molar-refractivity contribution in [2.24, 2.45) is 23.7 Å². The predicted molar refractivity (Wildman–Crippen MR) is 70.3 cm³/mol. The van der Waals surface area contributed by atoms with Crippen molar-refractivity contribution in [3.05, 3.63) is 12.2 Å². The van der Waals surface area contributed by atoms with Crippen LogP contribution in [0.2, 0.25) is 0 Å². The van der Waals surface area contributed by atoms with Gasteiger partial charge in [0.2, 0.25) is 11.8 Å². The molecule has 1 saturated carbocycles. The fraction of sp³-hybridized carbons (Fsp3) is 0.667. The van der Waals surface area contributed by atoms with Gasteiger partial charge in [-0.2, -0.15) is 0 Å². The number of carbonyl (C=O) groups excluding carboxylic acids is 3. The number of likely N-dealkylation sites (tertiary alicyclic amines) is 1. The lowest BCUT2D eigenvalue weighted by Gasteiger charge is -2.22. The molecule has 1 heterocycles. The number of imide groups is 1. The van der Waals surface area contributed by atoms with Crippen molar-refractivity contribution in [1.82, 2.24) is 4.90 Å². The van der Waals surface area contributed by atoms with Gasteiger partial charge in [0, 0.05) is 0 Å². The lowest BCUT2D eigenvalue weighted by Crippen LogP contribution is -2.39. The first-order chi connectivity index (χ1) is 9.28. The van der Waals surface area contributed by atoms with E-state index < -0.39 is 11.6 Å². The maximum Gasteiger partial charge on any atom is 0.326 e.